The van der Waals surface area contributed by atoms with Gasteiger partial charge in [0.25, 0.3) is 0 Å². The summed E-state index contributed by atoms with van der Waals surface area (Å²) in [6.07, 6.45) is 0. The van der Waals surface area contributed by atoms with Crippen LogP contribution < -0.4 is 5.73 Å². The molecule has 0 heterocycles. The smallest absolute Gasteiger partial charge is 0.0647 e. The van der Waals surface area contributed by atoms with Gasteiger partial charge < -0.3 is 5.73 Å². The summed E-state index contributed by atoms with van der Waals surface area (Å²) in [7, 11) is 0. The summed E-state index contributed by atoms with van der Waals surface area (Å²) in [6.45, 7) is 0. The Balaban J connectivity index is 1.99. The van der Waals surface area contributed by atoms with Crippen molar-refractivity contribution >= 4 is 39.8 Å². The average Bonchev–Trinajstić information content (AvgIpc) is 2.44. The van der Waals surface area contributed by atoms with E-state index in [0.29, 0.717) is 10.7 Å². The van der Waals surface area contributed by atoms with Gasteiger partial charge in [0.1, 0.15) is 0 Å². The molecular formula is C16H12ClNS. The maximum absolute atomic E-state index is 6.04. The molecule has 0 unspecified atom stereocenters. The van der Waals surface area contributed by atoms with Crippen molar-refractivity contribution in [3.8, 4) is 0 Å². The van der Waals surface area contributed by atoms with Gasteiger partial charge in [-0.25, -0.2) is 0 Å². The lowest BCUT2D eigenvalue weighted by molar-refractivity contribution is 1.42. The summed E-state index contributed by atoms with van der Waals surface area (Å²) < 4.78 is 0. The molecule has 0 atom stereocenters. The van der Waals surface area contributed by atoms with Crippen LogP contribution in [0.2, 0.25) is 5.02 Å². The third-order valence-electron chi connectivity index (χ3n) is 2.96. The van der Waals surface area contributed by atoms with E-state index in [-0.39, 0.29) is 0 Å². The molecule has 0 aliphatic rings. The molecule has 0 aliphatic carbocycles. The lowest BCUT2D eigenvalue weighted by Gasteiger charge is -2.07. The number of nitrogens with two attached hydrogens (primary N) is 1. The van der Waals surface area contributed by atoms with Gasteiger partial charge in [-0.1, -0.05) is 59.8 Å². The first-order valence-electron chi connectivity index (χ1n) is 5.95. The van der Waals surface area contributed by atoms with Crippen molar-refractivity contribution in [3.63, 3.8) is 0 Å². The second kappa shape index (κ2) is 5.16. The Morgan fingerprint density at radius 2 is 1.63 bits per heavy atom. The van der Waals surface area contributed by atoms with Crippen molar-refractivity contribution < 1.29 is 0 Å². The van der Waals surface area contributed by atoms with Crippen LogP contribution in [0.25, 0.3) is 10.8 Å². The second-order valence-electron chi connectivity index (χ2n) is 4.26. The average molecular weight is 286 g/mol. The van der Waals surface area contributed by atoms with E-state index in [1.807, 2.05) is 24.3 Å². The zero-order chi connectivity index (χ0) is 13.2. The van der Waals surface area contributed by atoms with Crippen molar-refractivity contribution in [2.45, 2.75) is 9.79 Å². The van der Waals surface area contributed by atoms with Gasteiger partial charge in [0.15, 0.2) is 0 Å². The van der Waals surface area contributed by atoms with E-state index >= 15 is 0 Å². The summed E-state index contributed by atoms with van der Waals surface area (Å²) in [4.78, 5) is 2.15. The summed E-state index contributed by atoms with van der Waals surface area (Å²) >= 11 is 7.67. The van der Waals surface area contributed by atoms with Gasteiger partial charge in [-0.3, -0.25) is 0 Å². The third-order valence-corrected chi connectivity index (χ3v) is 4.36. The Morgan fingerprint density at radius 1 is 0.842 bits per heavy atom. The van der Waals surface area contributed by atoms with Crippen LogP contribution in [0.4, 0.5) is 5.69 Å². The van der Waals surface area contributed by atoms with Crippen LogP contribution in [0.5, 0.6) is 0 Å². The van der Waals surface area contributed by atoms with Crippen molar-refractivity contribution in [2.75, 3.05) is 5.73 Å². The topological polar surface area (TPSA) is 26.0 Å². The molecule has 94 valence electrons. The molecule has 3 rings (SSSR count). The van der Waals surface area contributed by atoms with Crippen molar-refractivity contribution in [3.05, 3.63) is 65.7 Å². The van der Waals surface area contributed by atoms with Crippen LogP contribution in [0.15, 0.2) is 70.5 Å². The fraction of sp³-hybridized carbons (Fsp3) is 0. The zero-order valence-electron chi connectivity index (χ0n) is 10.1. The molecule has 0 spiro atoms. The minimum atomic E-state index is 0.603. The summed E-state index contributed by atoms with van der Waals surface area (Å²) in [5.41, 5.74) is 6.63. The quantitative estimate of drug-likeness (QED) is 0.653. The normalized spacial score (nSPS) is 10.8. The van der Waals surface area contributed by atoms with Crippen LogP contribution in [0.1, 0.15) is 0 Å². The minimum absolute atomic E-state index is 0.603. The number of para-hydroxylation sites is 1. The van der Waals surface area contributed by atoms with E-state index in [0.717, 1.165) is 9.79 Å². The molecule has 0 radical (unpaired) electrons. The fourth-order valence-corrected chi connectivity index (χ4v) is 3.14. The number of hydrogen-bond acceptors (Lipinski definition) is 2. The van der Waals surface area contributed by atoms with E-state index in [1.165, 1.54) is 10.8 Å². The SMILES string of the molecule is Nc1c(Cl)cccc1Sc1ccc2ccccc2c1. The molecule has 0 amide bonds. The van der Waals surface area contributed by atoms with Gasteiger partial charge in [-0.2, -0.15) is 0 Å². The Hall–Kier alpha value is -1.64. The Bertz CT molecular complexity index is 740. The molecule has 19 heavy (non-hydrogen) atoms. The van der Waals surface area contributed by atoms with Crippen molar-refractivity contribution in [1.82, 2.24) is 0 Å². The predicted octanol–water partition coefficient (Wildman–Crippen LogP) is 5.23. The maximum Gasteiger partial charge on any atom is 0.0647 e. The van der Waals surface area contributed by atoms with E-state index in [4.69, 9.17) is 17.3 Å². The Kier molecular flexibility index (Phi) is 3.36. The highest BCUT2D eigenvalue weighted by Crippen LogP contribution is 2.36. The lowest BCUT2D eigenvalue weighted by Crippen LogP contribution is -1.89. The van der Waals surface area contributed by atoms with Gasteiger partial charge in [0.05, 0.1) is 10.7 Å². The molecule has 2 N–H and O–H groups in total. The minimum Gasteiger partial charge on any atom is -0.397 e. The molecule has 1 nitrogen and oxygen atoms in total. The van der Waals surface area contributed by atoms with E-state index in [1.54, 1.807) is 17.8 Å². The van der Waals surface area contributed by atoms with Crippen LogP contribution in [-0.4, -0.2) is 0 Å². The first-order valence-corrected chi connectivity index (χ1v) is 7.14. The summed E-state index contributed by atoms with van der Waals surface area (Å²) in [6, 6.07) is 20.4. The number of hydrogen-bond donors (Lipinski definition) is 1. The molecule has 0 aliphatic heterocycles. The molecule has 3 heteroatoms. The van der Waals surface area contributed by atoms with E-state index in [2.05, 4.69) is 30.3 Å². The number of fused-ring (bicyclic) bond motifs is 1. The van der Waals surface area contributed by atoms with Crippen molar-refractivity contribution in [1.29, 1.82) is 0 Å². The summed E-state index contributed by atoms with van der Waals surface area (Å²) in [5, 5.41) is 3.07. The van der Waals surface area contributed by atoms with Crippen LogP contribution in [-0.2, 0) is 0 Å². The van der Waals surface area contributed by atoms with Crippen LogP contribution in [0.3, 0.4) is 0 Å². The van der Waals surface area contributed by atoms with E-state index in [9.17, 15) is 0 Å². The Labute approximate surface area is 121 Å². The first-order chi connectivity index (χ1) is 9.24. The molecule has 0 saturated carbocycles. The van der Waals surface area contributed by atoms with Gasteiger partial charge in [0, 0.05) is 9.79 Å². The van der Waals surface area contributed by atoms with Crippen LogP contribution >= 0.6 is 23.4 Å². The number of rotatable bonds is 2. The first kappa shape index (κ1) is 12.4. The zero-order valence-corrected chi connectivity index (χ0v) is 11.7. The van der Waals surface area contributed by atoms with Crippen molar-refractivity contribution in [2.24, 2.45) is 0 Å². The predicted molar refractivity (Wildman–Crippen MR) is 83.9 cm³/mol. The molecular weight excluding hydrogens is 274 g/mol. The van der Waals surface area contributed by atoms with E-state index < -0.39 is 0 Å². The number of nitrogen functional groups attached to an aromatic ring is 1. The Morgan fingerprint density at radius 3 is 2.47 bits per heavy atom. The lowest BCUT2D eigenvalue weighted by atomic mass is 10.1. The molecule has 3 aromatic rings. The maximum atomic E-state index is 6.04. The molecule has 0 fully saturated rings. The molecule has 0 saturated heterocycles. The number of anilines is 1. The highest BCUT2D eigenvalue weighted by Gasteiger charge is 2.05. The summed E-state index contributed by atoms with van der Waals surface area (Å²) in [5.74, 6) is 0. The van der Waals surface area contributed by atoms with Gasteiger partial charge in [0.2, 0.25) is 0 Å². The largest absolute Gasteiger partial charge is 0.397 e. The monoisotopic (exact) mass is 285 g/mol. The van der Waals surface area contributed by atoms with Crippen LogP contribution in [0, 0.1) is 0 Å². The van der Waals surface area contributed by atoms with Gasteiger partial charge in [-0.15, -0.1) is 0 Å². The number of benzene rings is 3. The fourth-order valence-electron chi connectivity index (χ4n) is 1.96. The number of halogens is 1. The molecule has 3 aromatic carbocycles. The second-order valence-corrected chi connectivity index (χ2v) is 5.79. The molecule has 0 bridgehead atoms. The highest BCUT2D eigenvalue weighted by atomic mass is 35.5. The standard InChI is InChI=1S/C16H12ClNS/c17-14-6-3-7-15(16(14)18)19-13-9-8-11-4-1-2-5-12(11)10-13/h1-10H,18H2. The molecule has 0 aromatic heterocycles. The third kappa shape index (κ3) is 2.55. The highest BCUT2D eigenvalue weighted by molar-refractivity contribution is 7.99. The van der Waals surface area contributed by atoms with Gasteiger partial charge in [-0.05, 0) is 35.0 Å². The van der Waals surface area contributed by atoms with Gasteiger partial charge >= 0.3 is 0 Å².